The normalized spacial score (nSPS) is 54.9. The van der Waals surface area contributed by atoms with Crippen molar-refractivity contribution in [1.29, 1.82) is 0 Å². The van der Waals surface area contributed by atoms with Crippen LogP contribution in [0.2, 0.25) is 0 Å². The molecule has 7 aliphatic rings. The highest BCUT2D eigenvalue weighted by Crippen LogP contribution is 2.54. The van der Waals surface area contributed by atoms with Gasteiger partial charge in [0.05, 0.1) is 78.7 Å². The van der Waals surface area contributed by atoms with Crippen molar-refractivity contribution in [3.63, 3.8) is 0 Å². The van der Waals surface area contributed by atoms with Crippen molar-refractivity contribution in [3.05, 3.63) is 0 Å². The lowest BCUT2D eigenvalue weighted by atomic mass is 9.75. The highest BCUT2D eigenvalue weighted by atomic mass is 16.7. The largest absolute Gasteiger partial charge is 0.481 e. The van der Waals surface area contributed by atoms with Gasteiger partial charge in [0.2, 0.25) is 0 Å². The van der Waals surface area contributed by atoms with E-state index in [1.807, 2.05) is 34.6 Å². The van der Waals surface area contributed by atoms with E-state index in [2.05, 4.69) is 13.8 Å². The van der Waals surface area contributed by atoms with Crippen LogP contribution in [0.15, 0.2) is 0 Å². The Balaban J connectivity index is 1.08. The van der Waals surface area contributed by atoms with Gasteiger partial charge in [0.1, 0.15) is 12.2 Å². The van der Waals surface area contributed by atoms with Crippen LogP contribution in [0, 0.1) is 29.6 Å². The Bertz CT molecular complexity index is 1530. The van der Waals surface area contributed by atoms with Gasteiger partial charge in [-0.05, 0) is 65.7 Å². The third kappa shape index (κ3) is 9.09. The van der Waals surface area contributed by atoms with Crippen LogP contribution in [0.4, 0.5) is 0 Å². The molecule has 0 unspecified atom stereocenters. The molecule has 352 valence electrons. The number of ether oxygens (including phenoxy) is 10. The average Bonchev–Trinajstić information content (AvgIpc) is 3.89. The monoisotopic (exact) mass is 873 g/mol. The van der Waals surface area contributed by atoms with Crippen molar-refractivity contribution in [2.45, 2.75) is 235 Å². The molecule has 0 amide bonds. The maximum atomic E-state index is 11.8. The van der Waals surface area contributed by atoms with Crippen LogP contribution in [0.5, 0.6) is 0 Å². The Hall–Kier alpha value is -1.09. The lowest BCUT2D eigenvalue weighted by molar-refractivity contribution is -0.363. The topological polar surface area (TPSA) is 211 Å². The number of methoxy groups -OCH3 is 2. The van der Waals surface area contributed by atoms with Gasteiger partial charge in [-0.1, -0.05) is 34.6 Å². The first-order chi connectivity index (χ1) is 28.5. The number of carbonyl (C=O) groups is 1. The van der Waals surface area contributed by atoms with Crippen LogP contribution in [0.3, 0.4) is 0 Å². The number of rotatable bonds is 11. The van der Waals surface area contributed by atoms with Crippen LogP contribution in [-0.4, -0.2) is 154 Å². The second-order valence-corrected chi connectivity index (χ2v) is 20.7. The molecule has 0 radical (unpaired) electrons. The van der Waals surface area contributed by atoms with Crippen LogP contribution in [0.1, 0.15) is 127 Å². The number of aliphatic carboxylic acids is 1. The molecule has 7 fully saturated rings. The minimum atomic E-state index is -2.15. The van der Waals surface area contributed by atoms with Crippen LogP contribution >= 0.6 is 0 Å². The van der Waals surface area contributed by atoms with E-state index in [9.17, 15) is 30.3 Å². The Kier molecular flexibility index (Phi) is 13.8. The Morgan fingerprint density at radius 2 is 1.54 bits per heavy atom. The van der Waals surface area contributed by atoms with Gasteiger partial charge in [0.25, 0.3) is 0 Å². The number of hydrogen-bond acceptors (Lipinski definition) is 15. The zero-order chi connectivity index (χ0) is 44.6. The summed E-state index contributed by atoms with van der Waals surface area (Å²) in [7, 11) is 3.14. The molecule has 7 aliphatic heterocycles. The second-order valence-electron chi connectivity index (χ2n) is 20.7. The SMILES string of the molecule is CO[C@@H]1[C@@H](O)[C@H](C)[C@@](O)(CC(=O)O)O[C@H]1[C@@H](C)[C@H]1O[C@@]2(CC[C@@](C)([C@H]3CC[C@@](C)([C@@H]4O[C@@H]([C@H]5O[C@](C)(O)[C@H](C)C[C@@H]5C)C[C@@H]4O[C@H]4CC[C@H](OC)[C@@H](C)O4)O3)O2)C[C@H](O)[C@H]1C. The summed E-state index contributed by atoms with van der Waals surface area (Å²) in [6.45, 7) is 17.3. The molecule has 16 nitrogen and oxygen atoms in total. The molecule has 0 bridgehead atoms. The minimum Gasteiger partial charge on any atom is -0.481 e. The standard InChI is InChI=1S/C45H76O16/c1-22-18-23(2)43(9,50)58-36(22)30-19-31(55-34-13-12-29(52-10)27(6)54-34)40(56-30)42(8)15-14-32(57-42)41(7)16-17-44(61-41)20-28(46)24(3)37(59-44)25(4)38-39(53-11)35(49)26(5)45(51,60-38)21-33(47)48/h22-32,34-40,46,49-51H,12-21H2,1-11H3,(H,47,48)/t22-,23+,24+,25-,26-,27+,28-,29-,30+,31-,32+,34-,35-,36-,37-,38-,39+,40+,41-,42-,43-,44+,45+/m0/s1. The first kappa shape index (κ1) is 47.9. The lowest BCUT2D eigenvalue weighted by Crippen LogP contribution is -2.65. The summed E-state index contributed by atoms with van der Waals surface area (Å²) >= 11 is 0. The van der Waals surface area contributed by atoms with Gasteiger partial charge in [-0.15, -0.1) is 0 Å². The number of aliphatic hydroxyl groups is 4. The van der Waals surface area contributed by atoms with Crippen LogP contribution < -0.4 is 0 Å². The highest BCUT2D eigenvalue weighted by molar-refractivity contribution is 5.68. The summed E-state index contributed by atoms with van der Waals surface area (Å²) in [6.07, 6.45) is -2.26. The van der Waals surface area contributed by atoms with Crippen molar-refractivity contribution in [1.82, 2.24) is 0 Å². The van der Waals surface area contributed by atoms with Gasteiger partial charge in [0, 0.05) is 63.6 Å². The van der Waals surface area contributed by atoms with Gasteiger partial charge >= 0.3 is 5.97 Å². The predicted molar refractivity (Wildman–Crippen MR) is 217 cm³/mol. The number of carboxylic acid groups (broad SMARTS) is 1. The molecular formula is C45H76O16. The molecule has 5 N–H and O–H groups in total. The molecule has 1 spiro atoms. The van der Waals surface area contributed by atoms with E-state index in [-0.39, 0.29) is 54.9 Å². The van der Waals surface area contributed by atoms with Crippen molar-refractivity contribution in [2.24, 2.45) is 29.6 Å². The smallest absolute Gasteiger partial charge is 0.308 e. The average molecular weight is 873 g/mol. The Labute approximate surface area is 361 Å². The van der Waals surface area contributed by atoms with E-state index in [1.54, 1.807) is 14.0 Å². The maximum absolute atomic E-state index is 11.8. The summed E-state index contributed by atoms with van der Waals surface area (Å²) < 4.78 is 65.1. The van der Waals surface area contributed by atoms with E-state index in [0.29, 0.717) is 38.5 Å². The summed E-state index contributed by atoms with van der Waals surface area (Å²) in [5, 5.41) is 55.1. The van der Waals surface area contributed by atoms with Gasteiger partial charge < -0.3 is 72.9 Å². The zero-order valence-corrected chi connectivity index (χ0v) is 38.2. The fourth-order valence-corrected chi connectivity index (χ4v) is 12.0. The number of carboxylic acids is 1. The summed E-state index contributed by atoms with van der Waals surface area (Å²) in [4.78, 5) is 11.8. The Morgan fingerprint density at radius 1 is 0.820 bits per heavy atom. The van der Waals surface area contributed by atoms with Crippen molar-refractivity contribution in [3.8, 4) is 0 Å². The quantitative estimate of drug-likeness (QED) is 0.198. The zero-order valence-electron chi connectivity index (χ0n) is 38.2. The molecule has 61 heavy (non-hydrogen) atoms. The van der Waals surface area contributed by atoms with Crippen LogP contribution in [0.25, 0.3) is 0 Å². The molecule has 23 atom stereocenters. The Morgan fingerprint density at radius 3 is 2.20 bits per heavy atom. The third-order valence-corrected chi connectivity index (χ3v) is 16.2. The van der Waals surface area contributed by atoms with Gasteiger partial charge in [0.15, 0.2) is 23.7 Å². The molecule has 7 heterocycles. The van der Waals surface area contributed by atoms with Crippen molar-refractivity contribution >= 4 is 5.97 Å². The van der Waals surface area contributed by atoms with Crippen LogP contribution in [-0.2, 0) is 52.2 Å². The van der Waals surface area contributed by atoms with E-state index in [4.69, 9.17) is 47.4 Å². The summed E-state index contributed by atoms with van der Waals surface area (Å²) in [5.41, 5.74) is -1.57. The molecule has 7 rings (SSSR count). The van der Waals surface area contributed by atoms with E-state index < -0.39 is 102 Å². The minimum absolute atomic E-state index is 0.00446. The predicted octanol–water partition coefficient (Wildman–Crippen LogP) is 4.04. The van der Waals surface area contributed by atoms with E-state index in [0.717, 1.165) is 12.8 Å². The van der Waals surface area contributed by atoms with Crippen molar-refractivity contribution < 1.29 is 77.7 Å². The van der Waals surface area contributed by atoms with Gasteiger partial charge in [-0.3, -0.25) is 4.79 Å². The lowest BCUT2D eigenvalue weighted by Gasteiger charge is -2.53. The second kappa shape index (κ2) is 17.6. The third-order valence-electron chi connectivity index (χ3n) is 16.2. The molecule has 0 saturated carbocycles. The first-order valence-electron chi connectivity index (χ1n) is 22.9. The summed E-state index contributed by atoms with van der Waals surface area (Å²) in [6, 6.07) is 0. The molecular weight excluding hydrogens is 796 g/mol. The fraction of sp³-hybridized carbons (Fsp3) is 0.978. The maximum Gasteiger partial charge on any atom is 0.308 e. The fourth-order valence-electron chi connectivity index (χ4n) is 12.0. The molecule has 16 heteroatoms. The first-order valence-corrected chi connectivity index (χ1v) is 22.9. The summed E-state index contributed by atoms with van der Waals surface area (Å²) in [5.74, 6) is -7.65. The highest BCUT2D eigenvalue weighted by Gasteiger charge is 2.63. The molecule has 0 aliphatic carbocycles. The van der Waals surface area contributed by atoms with E-state index >= 15 is 0 Å². The van der Waals surface area contributed by atoms with Crippen molar-refractivity contribution in [2.75, 3.05) is 14.2 Å². The van der Waals surface area contributed by atoms with Gasteiger partial charge in [-0.2, -0.15) is 0 Å². The number of hydrogen-bond donors (Lipinski definition) is 5. The molecule has 0 aromatic heterocycles. The van der Waals surface area contributed by atoms with Gasteiger partial charge in [-0.25, -0.2) is 0 Å². The molecule has 0 aromatic carbocycles. The molecule has 7 saturated heterocycles. The van der Waals surface area contributed by atoms with E-state index in [1.165, 1.54) is 14.0 Å². The molecule has 0 aromatic rings. The number of aliphatic hydroxyl groups excluding tert-OH is 2.